The number of hydrogen-bond acceptors (Lipinski definition) is 1. The van der Waals surface area contributed by atoms with Crippen LogP contribution in [0, 0.1) is 0 Å². The summed E-state index contributed by atoms with van der Waals surface area (Å²) < 4.78 is 5.90. The van der Waals surface area contributed by atoms with Gasteiger partial charge in [0.25, 0.3) is 0 Å². The molecule has 2 heteroatoms. The van der Waals surface area contributed by atoms with Crippen LogP contribution in [0.4, 0.5) is 0 Å². The molecular weight excluding hydrogens is 210 g/mol. The number of quaternary nitrogens is 1. The molecule has 0 aromatic heterocycles. The van der Waals surface area contributed by atoms with E-state index in [2.05, 4.69) is 52.2 Å². The first-order valence-electron chi connectivity index (χ1n) is 6.66. The minimum absolute atomic E-state index is 0.575. The van der Waals surface area contributed by atoms with Crippen LogP contribution in [0.25, 0.3) is 0 Å². The summed E-state index contributed by atoms with van der Waals surface area (Å²) in [5.74, 6) is 1.64. The number of hydrogen-bond donors (Lipinski definition) is 1. The van der Waals surface area contributed by atoms with Gasteiger partial charge >= 0.3 is 0 Å². The Balaban J connectivity index is 2.52. The molecule has 0 heterocycles. The summed E-state index contributed by atoms with van der Waals surface area (Å²) in [5, 5.41) is 0. The fraction of sp³-hybridized carbons (Fsp3) is 0.600. The highest BCUT2D eigenvalue weighted by Crippen LogP contribution is 2.28. The molecule has 0 saturated carbocycles. The minimum Gasteiger partial charge on any atom is -0.493 e. The van der Waals surface area contributed by atoms with E-state index in [4.69, 9.17) is 4.74 Å². The number of ether oxygens (including phenoxy) is 1. The Hall–Kier alpha value is -1.02. The van der Waals surface area contributed by atoms with Crippen LogP contribution >= 0.6 is 0 Å². The molecule has 0 radical (unpaired) electrons. The van der Waals surface area contributed by atoms with Crippen molar-refractivity contribution >= 4 is 0 Å². The van der Waals surface area contributed by atoms with Crippen LogP contribution in [-0.2, 0) is 0 Å². The smallest absolute Gasteiger partial charge is 0.122 e. The first kappa shape index (κ1) is 14.0. The quantitative estimate of drug-likeness (QED) is 0.716. The van der Waals surface area contributed by atoms with Crippen LogP contribution in [0.2, 0.25) is 0 Å². The molecule has 1 aromatic carbocycles. The molecule has 0 bridgehead atoms. The maximum absolute atomic E-state index is 5.90. The van der Waals surface area contributed by atoms with E-state index in [0.29, 0.717) is 5.92 Å². The van der Waals surface area contributed by atoms with Gasteiger partial charge in [0.15, 0.2) is 0 Å². The van der Waals surface area contributed by atoms with Crippen LogP contribution in [0.5, 0.6) is 5.75 Å². The van der Waals surface area contributed by atoms with Gasteiger partial charge in [0.1, 0.15) is 5.75 Å². The molecule has 0 amide bonds. The van der Waals surface area contributed by atoms with Gasteiger partial charge in [0, 0.05) is 6.42 Å². The molecule has 1 atom stereocenters. The summed E-state index contributed by atoms with van der Waals surface area (Å²) in [5.41, 5.74) is 1.34. The third-order valence-corrected chi connectivity index (χ3v) is 3.14. The molecule has 0 spiro atoms. The first-order valence-corrected chi connectivity index (χ1v) is 6.66. The maximum Gasteiger partial charge on any atom is 0.122 e. The highest BCUT2D eigenvalue weighted by atomic mass is 16.5. The second-order valence-electron chi connectivity index (χ2n) is 5.01. The molecule has 0 fully saturated rings. The summed E-state index contributed by atoms with van der Waals surface area (Å²) in [7, 11) is 4.35. The average Bonchev–Trinajstić information content (AvgIpc) is 2.34. The number of benzene rings is 1. The van der Waals surface area contributed by atoms with Gasteiger partial charge in [-0.25, -0.2) is 0 Å². The van der Waals surface area contributed by atoms with Gasteiger partial charge in [0.05, 0.1) is 27.2 Å². The fourth-order valence-electron chi connectivity index (χ4n) is 1.85. The predicted molar refractivity (Wildman–Crippen MR) is 72.9 cm³/mol. The maximum atomic E-state index is 5.90. The summed E-state index contributed by atoms with van der Waals surface area (Å²) in [6.07, 6.45) is 2.26. The molecule has 1 N–H and O–H groups in total. The standard InChI is InChI=1S/C15H25NO/c1-5-13(2)14-9-6-7-10-15(14)17-12-8-11-16(3)4/h6-7,9-10,13H,5,8,11-12H2,1-4H3/p+1/t13-/m1/s1. The summed E-state index contributed by atoms with van der Waals surface area (Å²) in [6, 6.07) is 8.42. The second kappa shape index (κ2) is 7.33. The Kier molecular flexibility index (Phi) is 6.06. The third-order valence-electron chi connectivity index (χ3n) is 3.14. The lowest BCUT2D eigenvalue weighted by Gasteiger charge is -2.15. The molecule has 96 valence electrons. The summed E-state index contributed by atoms with van der Waals surface area (Å²) >= 11 is 0. The van der Waals surface area contributed by atoms with Gasteiger partial charge in [-0.05, 0) is 24.0 Å². The van der Waals surface area contributed by atoms with E-state index in [1.54, 1.807) is 0 Å². The average molecular weight is 236 g/mol. The van der Waals surface area contributed by atoms with E-state index in [9.17, 15) is 0 Å². The molecule has 0 aliphatic carbocycles. The molecular formula is C15H26NO+. The lowest BCUT2D eigenvalue weighted by Crippen LogP contribution is -3.05. The van der Waals surface area contributed by atoms with E-state index in [1.165, 1.54) is 10.5 Å². The van der Waals surface area contributed by atoms with Gasteiger partial charge in [-0.1, -0.05) is 32.0 Å². The lowest BCUT2D eigenvalue weighted by molar-refractivity contribution is -0.858. The summed E-state index contributed by atoms with van der Waals surface area (Å²) in [6.45, 7) is 6.45. The molecule has 17 heavy (non-hydrogen) atoms. The van der Waals surface area contributed by atoms with Crippen LogP contribution in [0.1, 0.15) is 38.2 Å². The van der Waals surface area contributed by atoms with Crippen molar-refractivity contribution in [1.29, 1.82) is 0 Å². The molecule has 0 aliphatic rings. The van der Waals surface area contributed by atoms with E-state index in [0.717, 1.165) is 31.7 Å². The normalized spacial score (nSPS) is 12.8. The Morgan fingerprint density at radius 2 is 1.94 bits per heavy atom. The molecule has 0 saturated heterocycles. The zero-order valence-corrected chi connectivity index (χ0v) is 11.6. The fourth-order valence-corrected chi connectivity index (χ4v) is 1.85. The lowest BCUT2D eigenvalue weighted by atomic mass is 9.98. The summed E-state index contributed by atoms with van der Waals surface area (Å²) in [4.78, 5) is 1.48. The van der Waals surface area contributed by atoms with Gasteiger partial charge in [0.2, 0.25) is 0 Å². The zero-order chi connectivity index (χ0) is 12.7. The van der Waals surface area contributed by atoms with E-state index in [1.807, 2.05) is 0 Å². The van der Waals surface area contributed by atoms with Gasteiger partial charge in [-0.3, -0.25) is 0 Å². The van der Waals surface area contributed by atoms with Gasteiger partial charge in [-0.15, -0.1) is 0 Å². The first-order chi connectivity index (χ1) is 8.15. The van der Waals surface area contributed by atoms with Crippen molar-refractivity contribution in [2.45, 2.75) is 32.6 Å². The van der Waals surface area contributed by atoms with E-state index in [-0.39, 0.29) is 0 Å². The van der Waals surface area contributed by atoms with Crippen molar-refractivity contribution in [3.05, 3.63) is 29.8 Å². The van der Waals surface area contributed by atoms with Crippen LogP contribution in [-0.4, -0.2) is 27.2 Å². The predicted octanol–water partition coefficient (Wildman–Crippen LogP) is 2.11. The Morgan fingerprint density at radius 3 is 2.59 bits per heavy atom. The van der Waals surface area contributed by atoms with Crippen molar-refractivity contribution in [2.24, 2.45) is 0 Å². The topological polar surface area (TPSA) is 13.7 Å². The van der Waals surface area contributed by atoms with E-state index >= 15 is 0 Å². The SMILES string of the molecule is CC[C@@H](C)c1ccccc1OCCC[NH+](C)C. The molecule has 0 unspecified atom stereocenters. The Morgan fingerprint density at radius 1 is 1.24 bits per heavy atom. The second-order valence-corrected chi connectivity index (χ2v) is 5.01. The van der Waals surface area contributed by atoms with Gasteiger partial charge in [-0.2, -0.15) is 0 Å². The van der Waals surface area contributed by atoms with Crippen LogP contribution in [0.15, 0.2) is 24.3 Å². The van der Waals surface area contributed by atoms with Gasteiger partial charge < -0.3 is 9.64 Å². The minimum atomic E-state index is 0.575. The Labute approximate surface area is 106 Å². The highest BCUT2D eigenvalue weighted by Gasteiger charge is 2.09. The number of para-hydroxylation sites is 1. The van der Waals surface area contributed by atoms with Crippen molar-refractivity contribution in [2.75, 3.05) is 27.2 Å². The molecule has 1 rings (SSSR count). The molecule has 2 nitrogen and oxygen atoms in total. The zero-order valence-electron chi connectivity index (χ0n) is 11.6. The largest absolute Gasteiger partial charge is 0.493 e. The van der Waals surface area contributed by atoms with Crippen LogP contribution in [0.3, 0.4) is 0 Å². The number of nitrogens with one attached hydrogen (secondary N) is 1. The number of rotatable bonds is 7. The Bertz CT molecular complexity index is 322. The van der Waals surface area contributed by atoms with Crippen LogP contribution < -0.4 is 9.64 Å². The van der Waals surface area contributed by atoms with E-state index < -0.39 is 0 Å². The van der Waals surface area contributed by atoms with Crippen molar-refractivity contribution < 1.29 is 9.64 Å². The van der Waals surface area contributed by atoms with Crippen molar-refractivity contribution in [3.8, 4) is 5.75 Å². The molecule has 0 aliphatic heterocycles. The molecule has 1 aromatic rings. The van der Waals surface area contributed by atoms with Crippen molar-refractivity contribution in [3.63, 3.8) is 0 Å². The highest BCUT2D eigenvalue weighted by molar-refractivity contribution is 5.35. The van der Waals surface area contributed by atoms with Crippen molar-refractivity contribution in [1.82, 2.24) is 0 Å². The third kappa shape index (κ3) is 4.78. The monoisotopic (exact) mass is 236 g/mol.